The lowest BCUT2D eigenvalue weighted by Crippen LogP contribution is -2.50. The van der Waals surface area contributed by atoms with Gasteiger partial charge in [-0.3, -0.25) is 4.90 Å². The van der Waals surface area contributed by atoms with Gasteiger partial charge in [-0.2, -0.15) is 0 Å². The van der Waals surface area contributed by atoms with Gasteiger partial charge < -0.3 is 20.1 Å². The average molecular weight is 313 g/mol. The summed E-state index contributed by atoms with van der Waals surface area (Å²) in [5.41, 5.74) is -1.02. The molecule has 0 spiro atoms. The number of aliphatic hydroxyl groups is 3. The number of hydrogen-bond acceptors (Lipinski definition) is 6. The Hall–Kier alpha value is -0.950. The van der Waals surface area contributed by atoms with Gasteiger partial charge >= 0.3 is 5.97 Å². The first-order valence-corrected chi connectivity index (χ1v) is 7.94. The molecule has 1 fully saturated rings. The van der Waals surface area contributed by atoms with Crippen molar-refractivity contribution in [3.8, 4) is 0 Å². The molecule has 0 saturated carbocycles. The van der Waals surface area contributed by atoms with Crippen LogP contribution in [0.2, 0.25) is 0 Å². The minimum atomic E-state index is -1.89. The van der Waals surface area contributed by atoms with E-state index < -0.39 is 23.8 Å². The molecule has 3 N–H and O–H groups in total. The normalized spacial score (nSPS) is 29.1. The van der Waals surface area contributed by atoms with Crippen molar-refractivity contribution < 1.29 is 24.9 Å². The van der Waals surface area contributed by atoms with Crippen LogP contribution in [0.5, 0.6) is 0 Å². The summed E-state index contributed by atoms with van der Waals surface area (Å²) in [6, 6.07) is -0.0856. The summed E-state index contributed by atoms with van der Waals surface area (Å²) in [5.74, 6) is -0.756. The number of esters is 1. The van der Waals surface area contributed by atoms with Gasteiger partial charge in [-0.15, -0.1) is 0 Å². The van der Waals surface area contributed by atoms with Gasteiger partial charge in [-0.1, -0.05) is 19.9 Å². The molecule has 126 valence electrons. The molecule has 2 rings (SSSR count). The van der Waals surface area contributed by atoms with Crippen LogP contribution in [0.1, 0.15) is 33.6 Å². The van der Waals surface area contributed by atoms with Crippen LogP contribution < -0.4 is 0 Å². The Balaban J connectivity index is 1.97. The van der Waals surface area contributed by atoms with E-state index in [4.69, 9.17) is 4.74 Å². The third-order valence-electron chi connectivity index (χ3n) is 4.57. The summed E-state index contributed by atoms with van der Waals surface area (Å²) in [6.07, 6.45) is 1.19. The number of carbonyl (C=O) groups excluding carboxylic acids is 1. The molecule has 0 radical (unpaired) electrons. The Morgan fingerprint density at radius 3 is 2.77 bits per heavy atom. The lowest BCUT2D eigenvalue weighted by Gasteiger charge is -2.30. The third kappa shape index (κ3) is 3.35. The fourth-order valence-corrected chi connectivity index (χ4v) is 3.35. The van der Waals surface area contributed by atoms with E-state index in [1.807, 2.05) is 19.9 Å². The van der Waals surface area contributed by atoms with Crippen molar-refractivity contribution in [1.82, 2.24) is 4.90 Å². The molecule has 22 heavy (non-hydrogen) atoms. The van der Waals surface area contributed by atoms with Gasteiger partial charge in [0.1, 0.15) is 6.61 Å². The maximum atomic E-state index is 12.2. The Bertz CT molecular complexity index is 448. The van der Waals surface area contributed by atoms with Crippen LogP contribution in [0.15, 0.2) is 11.6 Å². The van der Waals surface area contributed by atoms with E-state index in [2.05, 4.69) is 4.90 Å². The van der Waals surface area contributed by atoms with Crippen molar-refractivity contribution in [3.05, 3.63) is 11.6 Å². The van der Waals surface area contributed by atoms with E-state index in [0.29, 0.717) is 0 Å². The number of ether oxygens (including phenoxy) is 1. The van der Waals surface area contributed by atoms with E-state index in [9.17, 15) is 20.1 Å². The van der Waals surface area contributed by atoms with Crippen molar-refractivity contribution >= 4 is 5.97 Å². The molecule has 6 heteroatoms. The Morgan fingerprint density at radius 2 is 2.18 bits per heavy atom. The number of rotatable bonds is 6. The minimum absolute atomic E-state index is 0.0458. The first-order chi connectivity index (χ1) is 10.3. The van der Waals surface area contributed by atoms with Gasteiger partial charge in [0, 0.05) is 13.1 Å². The van der Waals surface area contributed by atoms with Crippen LogP contribution in [-0.2, 0) is 9.53 Å². The summed E-state index contributed by atoms with van der Waals surface area (Å²) in [7, 11) is 0. The molecule has 4 unspecified atom stereocenters. The summed E-state index contributed by atoms with van der Waals surface area (Å²) in [5, 5.41) is 30.2. The fourth-order valence-electron chi connectivity index (χ4n) is 3.35. The number of fused-ring (bicyclic) bond motifs is 1. The van der Waals surface area contributed by atoms with E-state index in [-0.39, 0.29) is 25.0 Å². The predicted octanol–water partition coefficient (Wildman–Crippen LogP) is 0.0628. The maximum absolute atomic E-state index is 12.2. The van der Waals surface area contributed by atoms with Crippen molar-refractivity contribution in [3.63, 3.8) is 0 Å². The third-order valence-corrected chi connectivity index (χ3v) is 4.57. The molecule has 0 bridgehead atoms. The van der Waals surface area contributed by atoms with E-state index in [1.165, 1.54) is 6.92 Å². The Kier molecular flexibility index (Phi) is 5.27. The number of carbonyl (C=O) groups is 1. The summed E-state index contributed by atoms with van der Waals surface area (Å²) >= 11 is 0. The molecule has 2 heterocycles. The van der Waals surface area contributed by atoms with Gasteiger partial charge in [0.15, 0.2) is 5.60 Å². The van der Waals surface area contributed by atoms with Crippen LogP contribution in [0.3, 0.4) is 0 Å². The van der Waals surface area contributed by atoms with Crippen LogP contribution >= 0.6 is 0 Å². The highest BCUT2D eigenvalue weighted by atomic mass is 16.6. The highest BCUT2D eigenvalue weighted by Crippen LogP contribution is 2.30. The molecular formula is C16H27NO5. The predicted molar refractivity (Wildman–Crippen MR) is 81.1 cm³/mol. The molecule has 0 aromatic carbocycles. The molecule has 2 aliphatic heterocycles. The van der Waals surface area contributed by atoms with Crippen molar-refractivity contribution in [2.75, 3.05) is 19.7 Å². The van der Waals surface area contributed by atoms with E-state index in [0.717, 1.165) is 25.1 Å². The Labute approximate surface area is 131 Å². The number of nitrogens with zero attached hydrogens (tertiary/aromatic N) is 1. The van der Waals surface area contributed by atoms with Crippen LogP contribution in [-0.4, -0.2) is 69.7 Å². The van der Waals surface area contributed by atoms with E-state index >= 15 is 0 Å². The SMILES string of the molecule is CC(C)CC(O)(C(=O)OCC1=CCN2CCC(O)C12)C(C)O. The first kappa shape index (κ1) is 17.4. The zero-order chi connectivity index (χ0) is 16.5. The molecule has 4 atom stereocenters. The van der Waals surface area contributed by atoms with Crippen molar-refractivity contribution in [1.29, 1.82) is 0 Å². The molecule has 0 aromatic rings. The van der Waals surface area contributed by atoms with Gasteiger partial charge in [0.25, 0.3) is 0 Å². The van der Waals surface area contributed by atoms with Crippen LogP contribution in [0.4, 0.5) is 0 Å². The Morgan fingerprint density at radius 1 is 1.50 bits per heavy atom. The molecule has 0 aromatic heterocycles. The zero-order valence-corrected chi connectivity index (χ0v) is 13.5. The second-order valence-electron chi connectivity index (χ2n) is 6.85. The average Bonchev–Trinajstić information content (AvgIpc) is 2.98. The summed E-state index contributed by atoms with van der Waals surface area (Å²) in [4.78, 5) is 14.4. The van der Waals surface area contributed by atoms with Gasteiger partial charge in [-0.25, -0.2) is 4.79 Å². The molecule has 2 aliphatic rings. The molecule has 0 amide bonds. The molecular weight excluding hydrogens is 286 g/mol. The standard InChI is InChI=1S/C16H27NO5/c1-10(2)8-16(21,11(3)18)15(20)22-9-12-4-6-17-7-5-13(19)14(12)17/h4,10-11,13-14,18-19,21H,5-9H2,1-3H3. The first-order valence-electron chi connectivity index (χ1n) is 7.94. The zero-order valence-electron chi connectivity index (χ0n) is 13.5. The molecule has 1 saturated heterocycles. The molecule has 0 aliphatic carbocycles. The minimum Gasteiger partial charge on any atom is -0.459 e. The lowest BCUT2D eigenvalue weighted by atomic mass is 9.88. The number of hydrogen-bond donors (Lipinski definition) is 3. The van der Waals surface area contributed by atoms with Crippen molar-refractivity contribution in [2.45, 2.75) is 57.5 Å². The monoisotopic (exact) mass is 313 g/mol. The smallest absolute Gasteiger partial charge is 0.341 e. The van der Waals surface area contributed by atoms with Gasteiger partial charge in [0.2, 0.25) is 0 Å². The van der Waals surface area contributed by atoms with E-state index in [1.54, 1.807) is 0 Å². The lowest BCUT2D eigenvalue weighted by molar-refractivity contribution is -0.178. The summed E-state index contributed by atoms with van der Waals surface area (Å²) in [6.45, 7) is 6.76. The van der Waals surface area contributed by atoms with Crippen LogP contribution in [0.25, 0.3) is 0 Å². The molecule has 6 nitrogen and oxygen atoms in total. The topological polar surface area (TPSA) is 90.2 Å². The second-order valence-corrected chi connectivity index (χ2v) is 6.85. The highest BCUT2D eigenvalue weighted by Gasteiger charge is 2.44. The van der Waals surface area contributed by atoms with Crippen LogP contribution in [0, 0.1) is 5.92 Å². The van der Waals surface area contributed by atoms with Gasteiger partial charge in [0.05, 0.1) is 18.2 Å². The second kappa shape index (κ2) is 6.66. The maximum Gasteiger partial charge on any atom is 0.341 e. The highest BCUT2D eigenvalue weighted by molar-refractivity contribution is 5.80. The van der Waals surface area contributed by atoms with Gasteiger partial charge in [-0.05, 0) is 31.3 Å². The largest absolute Gasteiger partial charge is 0.459 e. The van der Waals surface area contributed by atoms with Crippen molar-refractivity contribution in [2.24, 2.45) is 5.92 Å². The number of aliphatic hydroxyl groups excluding tert-OH is 2. The summed E-state index contributed by atoms with van der Waals surface area (Å²) < 4.78 is 5.25. The fraction of sp³-hybridized carbons (Fsp3) is 0.812. The quantitative estimate of drug-likeness (QED) is 0.475.